The maximum absolute atomic E-state index is 11.4. The number of thiol groups is 1. The number of carbonyl (C=O) groups is 2. The molecule has 0 bridgehead atoms. The normalized spacial score (nSPS) is 11.6. The first-order chi connectivity index (χ1) is 8.47. The number of aliphatic imine (C=N–C) groups is 1. The standard InChI is InChI=1S/C10H20N4O3S/c11-10(12)13-5-1-3-7(9(16)17)14-8(15)4-2-6-18/h7,18H,1-6H2,(H,14,15)(H,16,17)(H4,11,12,13)/t7-/m0/s1. The van der Waals surface area contributed by atoms with E-state index in [9.17, 15) is 9.59 Å². The molecule has 0 saturated carbocycles. The van der Waals surface area contributed by atoms with Gasteiger partial charge in [-0.15, -0.1) is 0 Å². The molecule has 7 nitrogen and oxygen atoms in total. The Kier molecular flexibility index (Phi) is 8.81. The Morgan fingerprint density at radius 1 is 1.33 bits per heavy atom. The van der Waals surface area contributed by atoms with Crippen LogP contribution in [-0.4, -0.2) is 41.3 Å². The number of nitrogens with zero attached hydrogens (tertiary/aromatic N) is 1. The maximum atomic E-state index is 11.4. The van der Waals surface area contributed by atoms with Crippen molar-refractivity contribution in [2.75, 3.05) is 12.3 Å². The zero-order chi connectivity index (χ0) is 14.0. The van der Waals surface area contributed by atoms with Crippen molar-refractivity contribution in [3.8, 4) is 0 Å². The molecular weight excluding hydrogens is 256 g/mol. The van der Waals surface area contributed by atoms with Crippen LogP contribution in [0.4, 0.5) is 0 Å². The lowest BCUT2D eigenvalue weighted by molar-refractivity contribution is -0.142. The van der Waals surface area contributed by atoms with Crippen LogP contribution < -0.4 is 16.8 Å². The van der Waals surface area contributed by atoms with Gasteiger partial charge in [-0.3, -0.25) is 9.79 Å². The third kappa shape index (κ3) is 8.68. The van der Waals surface area contributed by atoms with Gasteiger partial charge in [-0.05, 0) is 25.0 Å². The lowest BCUT2D eigenvalue weighted by Crippen LogP contribution is -2.40. The van der Waals surface area contributed by atoms with Gasteiger partial charge in [0, 0.05) is 13.0 Å². The second-order valence-electron chi connectivity index (χ2n) is 3.73. The van der Waals surface area contributed by atoms with Gasteiger partial charge in [0.1, 0.15) is 6.04 Å². The lowest BCUT2D eigenvalue weighted by atomic mass is 10.1. The van der Waals surface area contributed by atoms with Gasteiger partial charge in [0.05, 0.1) is 0 Å². The van der Waals surface area contributed by atoms with Crippen LogP contribution in [0.1, 0.15) is 25.7 Å². The number of hydrogen-bond donors (Lipinski definition) is 5. The average Bonchev–Trinajstić information content (AvgIpc) is 2.29. The summed E-state index contributed by atoms with van der Waals surface area (Å²) in [7, 11) is 0. The molecule has 0 aliphatic carbocycles. The molecule has 0 aromatic rings. The number of nitrogens with one attached hydrogen (secondary N) is 1. The molecule has 0 fully saturated rings. The van der Waals surface area contributed by atoms with Gasteiger partial charge in [-0.25, -0.2) is 4.79 Å². The van der Waals surface area contributed by atoms with E-state index >= 15 is 0 Å². The van der Waals surface area contributed by atoms with Crippen LogP contribution in [0, 0.1) is 0 Å². The summed E-state index contributed by atoms with van der Waals surface area (Å²) in [5, 5.41) is 11.4. The third-order valence-corrected chi connectivity index (χ3v) is 2.46. The zero-order valence-corrected chi connectivity index (χ0v) is 11.0. The summed E-state index contributed by atoms with van der Waals surface area (Å²) in [5.74, 6) is -0.771. The minimum atomic E-state index is -1.06. The van der Waals surface area contributed by atoms with Gasteiger partial charge in [0.25, 0.3) is 0 Å². The van der Waals surface area contributed by atoms with E-state index in [1.807, 2.05) is 0 Å². The van der Waals surface area contributed by atoms with E-state index in [-0.39, 0.29) is 18.3 Å². The van der Waals surface area contributed by atoms with Crippen molar-refractivity contribution in [3.05, 3.63) is 0 Å². The molecule has 0 heterocycles. The van der Waals surface area contributed by atoms with Crippen molar-refractivity contribution in [2.24, 2.45) is 16.5 Å². The molecule has 0 spiro atoms. The van der Waals surface area contributed by atoms with Crippen molar-refractivity contribution < 1.29 is 14.7 Å². The predicted molar refractivity (Wildman–Crippen MR) is 72.6 cm³/mol. The van der Waals surface area contributed by atoms with Crippen LogP contribution in [0.15, 0.2) is 4.99 Å². The highest BCUT2D eigenvalue weighted by molar-refractivity contribution is 7.80. The minimum absolute atomic E-state index is 0.0281. The molecule has 18 heavy (non-hydrogen) atoms. The van der Waals surface area contributed by atoms with Crippen LogP contribution in [0.2, 0.25) is 0 Å². The first kappa shape index (κ1) is 16.6. The van der Waals surface area contributed by atoms with Crippen LogP contribution in [0.5, 0.6) is 0 Å². The summed E-state index contributed by atoms with van der Waals surface area (Å²) >= 11 is 3.98. The van der Waals surface area contributed by atoms with Crippen LogP contribution in [0.25, 0.3) is 0 Å². The molecular formula is C10H20N4O3S. The summed E-state index contributed by atoms with van der Waals surface area (Å²) in [6, 6.07) is -0.897. The molecule has 8 heteroatoms. The molecule has 1 atom stereocenters. The Morgan fingerprint density at radius 2 is 2.00 bits per heavy atom. The summed E-state index contributed by atoms with van der Waals surface area (Å²) in [6.07, 6.45) is 1.68. The van der Waals surface area contributed by atoms with Crippen molar-refractivity contribution in [1.82, 2.24) is 5.32 Å². The number of hydrogen-bond acceptors (Lipinski definition) is 4. The average molecular weight is 276 g/mol. The number of guanidine groups is 1. The van der Waals surface area contributed by atoms with E-state index in [0.717, 1.165) is 0 Å². The van der Waals surface area contributed by atoms with E-state index in [0.29, 0.717) is 31.6 Å². The Hall–Kier alpha value is -1.44. The Morgan fingerprint density at radius 3 is 2.50 bits per heavy atom. The summed E-state index contributed by atoms with van der Waals surface area (Å²) in [4.78, 5) is 26.0. The van der Waals surface area contributed by atoms with E-state index in [1.54, 1.807) is 0 Å². The van der Waals surface area contributed by atoms with Crippen molar-refractivity contribution in [2.45, 2.75) is 31.7 Å². The molecule has 104 valence electrons. The first-order valence-electron chi connectivity index (χ1n) is 5.65. The van der Waals surface area contributed by atoms with E-state index in [4.69, 9.17) is 16.6 Å². The number of nitrogens with two attached hydrogens (primary N) is 2. The fraction of sp³-hybridized carbons (Fsp3) is 0.700. The van der Waals surface area contributed by atoms with Crippen molar-refractivity contribution >= 4 is 30.5 Å². The fourth-order valence-electron chi connectivity index (χ4n) is 1.27. The maximum Gasteiger partial charge on any atom is 0.326 e. The highest BCUT2D eigenvalue weighted by Crippen LogP contribution is 2.00. The van der Waals surface area contributed by atoms with Gasteiger partial charge >= 0.3 is 5.97 Å². The third-order valence-electron chi connectivity index (χ3n) is 2.14. The Labute approximate surface area is 111 Å². The Balaban J connectivity index is 4.03. The number of carboxylic acid groups (broad SMARTS) is 1. The largest absolute Gasteiger partial charge is 0.480 e. The minimum Gasteiger partial charge on any atom is -0.480 e. The molecule has 0 aromatic carbocycles. The number of amides is 1. The SMILES string of the molecule is NC(N)=NCCC[C@H](NC(=O)CCCS)C(=O)O. The highest BCUT2D eigenvalue weighted by Gasteiger charge is 2.18. The lowest BCUT2D eigenvalue weighted by Gasteiger charge is -2.13. The molecule has 0 radical (unpaired) electrons. The highest BCUT2D eigenvalue weighted by atomic mass is 32.1. The van der Waals surface area contributed by atoms with E-state index in [2.05, 4.69) is 22.9 Å². The molecule has 0 aromatic heterocycles. The molecule has 0 unspecified atom stereocenters. The topological polar surface area (TPSA) is 131 Å². The van der Waals surface area contributed by atoms with Crippen molar-refractivity contribution in [1.29, 1.82) is 0 Å². The van der Waals surface area contributed by atoms with Gasteiger partial charge < -0.3 is 21.9 Å². The van der Waals surface area contributed by atoms with Gasteiger partial charge in [0.15, 0.2) is 5.96 Å². The monoisotopic (exact) mass is 276 g/mol. The smallest absolute Gasteiger partial charge is 0.326 e. The van der Waals surface area contributed by atoms with Gasteiger partial charge in [0.2, 0.25) is 5.91 Å². The van der Waals surface area contributed by atoms with Crippen LogP contribution in [-0.2, 0) is 9.59 Å². The number of rotatable bonds is 9. The van der Waals surface area contributed by atoms with Gasteiger partial charge in [-0.2, -0.15) is 12.6 Å². The number of carboxylic acids is 1. The second-order valence-corrected chi connectivity index (χ2v) is 4.18. The van der Waals surface area contributed by atoms with Crippen LogP contribution in [0.3, 0.4) is 0 Å². The molecule has 0 aliphatic heterocycles. The van der Waals surface area contributed by atoms with Crippen molar-refractivity contribution in [3.63, 3.8) is 0 Å². The number of aliphatic carboxylic acids is 1. The van der Waals surface area contributed by atoms with E-state index < -0.39 is 12.0 Å². The summed E-state index contributed by atoms with van der Waals surface area (Å²) in [5.41, 5.74) is 10.3. The van der Waals surface area contributed by atoms with E-state index in [1.165, 1.54) is 0 Å². The predicted octanol–water partition coefficient (Wildman–Crippen LogP) is -0.681. The quantitative estimate of drug-likeness (QED) is 0.165. The van der Waals surface area contributed by atoms with Gasteiger partial charge in [-0.1, -0.05) is 0 Å². The molecule has 0 rings (SSSR count). The molecule has 0 aliphatic rings. The molecule has 0 saturated heterocycles. The Bertz CT molecular complexity index is 305. The summed E-state index contributed by atoms with van der Waals surface area (Å²) < 4.78 is 0. The van der Waals surface area contributed by atoms with Crippen LogP contribution >= 0.6 is 12.6 Å². The molecule has 1 amide bonds. The molecule has 6 N–H and O–H groups in total. The summed E-state index contributed by atoms with van der Waals surface area (Å²) in [6.45, 7) is 0.346. The fourth-order valence-corrected chi connectivity index (χ4v) is 1.43. The first-order valence-corrected chi connectivity index (χ1v) is 6.29. The second kappa shape index (κ2) is 9.58. The number of carbonyl (C=O) groups excluding carboxylic acids is 1. The zero-order valence-electron chi connectivity index (χ0n) is 10.1.